The molecule has 0 bridgehead atoms. The topological polar surface area (TPSA) is 126 Å². The summed E-state index contributed by atoms with van der Waals surface area (Å²) in [6, 6.07) is 18.3. The van der Waals surface area contributed by atoms with Gasteiger partial charge in [-0.3, -0.25) is 4.79 Å². The number of methoxy groups -OCH3 is 2. The lowest BCUT2D eigenvalue weighted by molar-refractivity contribution is -0.138. The van der Waals surface area contributed by atoms with E-state index in [9.17, 15) is 9.59 Å². The molecule has 8 heteroatoms. The number of nitrogens with two attached hydrogens (primary N) is 2. The van der Waals surface area contributed by atoms with Gasteiger partial charge in [-0.05, 0) is 60.0 Å². The van der Waals surface area contributed by atoms with Gasteiger partial charge in [0.05, 0.1) is 20.8 Å². The number of benzene rings is 3. The van der Waals surface area contributed by atoms with Crippen LogP contribution in [0.3, 0.4) is 0 Å². The van der Waals surface area contributed by atoms with E-state index in [4.69, 9.17) is 25.7 Å². The molecule has 0 saturated heterocycles. The summed E-state index contributed by atoms with van der Waals surface area (Å²) in [5.74, 6) is 0.686. The summed E-state index contributed by atoms with van der Waals surface area (Å²) in [6.07, 6.45) is 3.53. The number of anilines is 3. The maximum Gasteiger partial charge on any atom is 0.330 e. The van der Waals surface area contributed by atoms with E-state index in [-0.39, 0.29) is 18.9 Å². The Morgan fingerprint density at radius 1 is 0.886 bits per heavy atom. The van der Waals surface area contributed by atoms with Crippen LogP contribution >= 0.6 is 0 Å². The van der Waals surface area contributed by atoms with Crippen molar-refractivity contribution in [2.45, 2.75) is 12.8 Å². The Bertz CT molecular complexity index is 1190. The van der Waals surface area contributed by atoms with Crippen molar-refractivity contribution in [1.82, 2.24) is 0 Å². The average molecular weight is 476 g/mol. The van der Waals surface area contributed by atoms with Crippen molar-refractivity contribution >= 4 is 35.0 Å². The Morgan fingerprint density at radius 3 is 2.23 bits per heavy atom. The average Bonchev–Trinajstić information content (AvgIpc) is 2.84. The maximum atomic E-state index is 12.1. The van der Waals surface area contributed by atoms with E-state index in [0.29, 0.717) is 29.2 Å². The molecule has 3 aromatic carbocycles. The van der Waals surface area contributed by atoms with Crippen molar-refractivity contribution in [2.24, 2.45) is 0 Å². The summed E-state index contributed by atoms with van der Waals surface area (Å²) in [6.45, 7) is 0.114. The molecular weight excluding hydrogens is 446 g/mol. The Balaban J connectivity index is 1.48. The number of hydrogen-bond acceptors (Lipinski definition) is 7. The third-order valence-electron chi connectivity index (χ3n) is 5.11. The number of ether oxygens (including phenoxy) is 3. The van der Waals surface area contributed by atoms with Crippen molar-refractivity contribution in [2.75, 3.05) is 37.6 Å². The van der Waals surface area contributed by atoms with Crippen LogP contribution in [0.5, 0.6) is 11.5 Å². The number of nitrogen functional groups attached to an aromatic ring is 2. The highest BCUT2D eigenvalue weighted by atomic mass is 16.5. The number of amides is 1. The molecule has 0 radical (unpaired) electrons. The van der Waals surface area contributed by atoms with Crippen molar-refractivity contribution < 1.29 is 23.8 Å². The summed E-state index contributed by atoms with van der Waals surface area (Å²) >= 11 is 0. The highest BCUT2D eigenvalue weighted by Gasteiger charge is 2.07. The van der Waals surface area contributed by atoms with Crippen LogP contribution in [0.25, 0.3) is 17.2 Å². The van der Waals surface area contributed by atoms with E-state index in [2.05, 4.69) is 5.32 Å². The van der Waals surface area contributed by atoms with Gasteiger partial charge in [-0.1, -0.05) is 24.3 Å². The molecule has 0 aliphatic rings. The Labute approximate surface area is 204 Å². The molecule has 0 saturated carbocycles. The fourth-order valence-electron chi connectivity index (χ4n) is 3.40. The zero-order valence-electron chi connectivity index (χ0n) is 19.7. The van der Waals surface area contributed by atoms with Crippen molar-refractivity contribution in [3.05, 3.63) is 72.3 Å². The van der Waals surface area contributed by atoms with E-state index in [1.807, 2.05) is 42.5 Å². The second-order valence-electron chi connectivity index (χ2n) is 7.73. The Kier molecular flexibility index (Phi) is 8.72. The highest BCUT2D eigenvalue weighted by Crippen LogP contribution is 2.29. The van der Waals surface area contributed by atoms with E-state index in [1.54, 1.807) is 38.5 Å². The van der Waals surface area contributed by atoms with Crippen LogP contribution in [0, 0.1) is 0 Å². The fourth-order valence-corrected chi connectivity index (χ4v) is 3.40. The van der Waals surface area contributed by atoms with Gasteiger partial charge in [-0.25, -0.2) is 4.79 Å². The summed E-state index contributed by atoms with van der Waals surface area (Å²) in [5.41, 5.74) is 15.6. The molecule has 0 fully saturated rings. The smallest absolute Gasteiger partial charge is 0.330 e. The van der Waals surface area contributed by atoms with Gasteiger partial charge in [0, 0.05) is 35.1 Å². The fraction of sp³-hybridized carbons (Fsp3) is 0.185. The molecule has 0 aromatic heterocycles. The van der Waals surface area contributed by atoms with Crippen LogP contribution in [0.15, 0.2) is 66.7 Å². The molecule has 3 aromatic rings. The standard InChI is InChI=1S/C27H29N3O5/c1-33-24-10-7-18(8-11-24)20-6-5-19(25(14-20)34-2)9-12-27(32)35-13-3-4-26(31)30-23-16-21(28)15-22(29)17-23/h5-12,14-17H,3-4,13,28-29H2,1-2H3,(H,30,31)/b12-9+. The van der Waals surface area contributed by atoms with Gasteiger partial charge in [-0.15, -0.1) is 0 Å². The zero-order valence-corrected chi connectivity index (χ0v) is 19.7. The van der Waals surface area contributed by atoms with E-state index >= 15 is 0 Å². The monoisotopic (exact) mass is 475 g/mol. The molecule has 0 aliphatic carbocycles. The van der Waals surface area contributed by atoms with Crippen LogP contribution in [0.2, 0.25) is 0 Å². The summed E-state index contributed by atoms with van der Waals surface area (Å²) in [5, 5.41) is 2.72. The number of hydrogen-bond donors (Lipinski definition) is 3. The molecule has 35 heavy (non-hydrogen) atoms. The molecule has 5 N–H and O–H groups in total. The number of nitrogens with one attached hydrogen (secondary N) is 1. The molecule has 0 spiro atoms. The second kappa shape index (κ2) is 12.1. The third-order valence-corrected chi connectivity index (χ3v) is 5.11. The number of carbonyl (C=O) groups excluding carboxylic acids is 2. The van der Waals surface area contributed by atoms with E-state index < -0.39 is 5.97 Å². The minimum absolute atomic E-state index is 0.114. The molecule has 182 valence electrons. The van der Waals surface area contributed by atoms with Crippen LogP contribution in [-0.2, 0) is 14.3 Å². The Hall–Kier alpha value is -4.46. The third kappa shape index (κ3) is 7.53. The molecule has 8 nitrogen and oxygen atoms in total. The van der Waals surface area contributed by atoms with Gasteiger partial charge < -0.3 is 31.0 Å². The first-order valence-corrected chi connectivity index (χ1v) is 11.0. The van der Waals surface area contributed by atoms with Gasteiger partial charge in [0.2, 0.25) is 5.91 Å². The van der Waals surface area contributed by atoms with E-state index in [0.717, 1.165) is 22.4 Å². The minimum Gasteiger partial charge on any atom is -0.497 e. The van der Waals surface area contributed by atoms with Crippen LogP contribution in [0.4, 0.5) is 17.1 Å². The lowest BCUT2D eigenvalue weighted by Crippen LogP contribution is -2.13. The van der Waals surface area contributed by atoms with Gasteiger partial charge in [-0.2, -0.15) is 0 Å². The SMILES string of the molecule is COc1ccc(-c2ccc(/C=C/C(=O)OCCCC(=O)Nc3cc(N)cc(N)c3)c(OC)c2)cc1. The van der Waals surface area contributed by atoms with Gasteiger partial charge in [0.25, 0.3) is 0 Å². The molecule has 0 unspecified atom stereocenters. The summed E-state index contributed by atoms with van der Waals surface area (Å²) in [4.78, 5) is 24.1. The first kappa shape index (κ1) is 25.2. The first-order valence-electron chi connectivity index (χ1n) is 11.0. The number of rotatable bonds is 10. The van der Waals surface area contributed by atoms with Crippen LogP contribution < -0.4 is 26.3 Å². The normalized spacial score (nSPS) is 10.7. The zero-order chi connectivity index (χ0) is 25.2. The highest BCUT2D eigenvalue weighted by molar-refractivity contribution is 5.92. The van der Waals surface area contributed by atoms with Gasteiger partial charge in [0.1, 0.15) is 11.5 Å². The van der Waals surface area contributed by atoms with Crippen LogP contribution in [-0.4, -0.2) is 32.7 Å². The summed E-state index contributed by atoms with van der Waals surface area (Å²) in [7, 11) is 3.20. The molecule has 1 amide bonds. The molecule has 0 heterocycles. The first-order chi connectivity index (χ1) is 16.9. The molecule has 0 aliphatic heterocycles. The van der Waals surface area contributed by atoms with Gasteiger partial charge >= 0.3 is 5.97 Å². The van der Waals surface area contributed by atoms with Crippen molar-refractivity contribution in [1.29, 1.82) is 0 Å². The molecular formula is C27H29N3O5. The quantitative estimate of drug-likeness (QED) is 0.170. The maximum absolute atomic E-state index is 12.1. The van der Waals surface area contributed by atoms with Gasteiger partial charge in [0.15, 0.2) is 0 Å². The predicted octanol–water partition coefficient (Wildman–Crippen LogP) is 4.51. The largest absolute Gasteiger partial charge is 0.497 e. The number of carbonyl (C=O) groups is 2. The number of esters is 1. The lowest BCUT2D eigenvalue weighted by Gasteiger charge is -2.09. The molecule has 3 rings (SSSR count). The second-order valence-corrected chi connectivity index (χ2v) is 7.73. The predicted molar refractivity (Wildman–Crippen MR) is 138 cm³/mol. The minimum atomic E-state index is -0.504. The van der Waals surface area contributed by atoms with Crippen molar-refractivity contribution in [3.8, 4) is 22.6 Å². The van der Waals surface area contributed by atoms with E-state index in [1.165, 1.54) is 6.08 Å². The molecule has 0 atom stereocenters. The van der Waals surface area contributed by atoms with Crippen molar-refractivity contribution in [3.63, 3.8) is 0 Å². The summed E-state index contributed by atoms with van der Waals surface area (Å²) < 4.78 is 15.9. The Morgan fingerprint density at radius 2 is 1.57 bits per heavy atom. The lowest BCUT2D eigenvalue weighted by atomic mass is 10.0. The van der Waals surface area contributed by atoms with Crippen LogP contribution in [0.1, 0.15) is 18.4 Å².